The second-order valence-corrected chi connectivity index (χ2v) is 4.24. The minimum Gasteiger partial charge on any atom is -0.473 e. The Labute approximate surface area is 113 Å². The van der Waals surface area contributed by atoms with Gasteiger partial charge in [-0.2, -0.15) is 0 Å². The molecule has 0 unspecified atom stereocenters. The number of hydrogen-bond acceptors (Lipinski definition) is 3. The fourth-order valence-electron chi connectivity index (χ4n) is 1.75. The number of benzene rings is 1. The van der Waals surface area contributed by atoms with Gasteiger partial charge in [-0.15, -0.1) is 0 Å². The molecule has 1 aromatic carbocycles. The molecule has 0 bridgehead atoms. The van der Waals surface area contributed by atoms with Gasteiger partial charge in [0.25, 0.3) is 0 Å². The van der Waals surface area contributed by atoms with E-state index in [4.69, 9.17) is 9.84 Å². The number of aliphatic hydroxyl groups is 1. The van der Waals surface area contributed by atoms with Gasteiger partial charge < -0.3 is 9.84 Å². The summed E-state index contributed by atoms with van der Waals surface area (Å²) in [6, 6.07) is 13.6. The van der Waals surface area contributed by atoms with Crippen LogP contribution in [0.4, 0.5) is 0 Å². The highest BCUT2D eigenvalue weighted by molar-refractivity contribution is 5.48. The maximum absolute atomic E-state index is 9.11. The lowest BCUT2D eigenvalue weighted by Gasteiger charge is -2.05. The minimum absolute atomic E-state index is 0.000422. The number of ether oxygens (including phenoxy) is 1. The number of nitrogens with zero attached hydrogens (tertiary/aromatic N) is 1. The molecule has 0 saturated heterocycles. The van der Waals surface area contributed by atoms with Crippen molar-refractivity contribution < 1.29 is 9.84 Å². The monoisotopic (exact) mass is 255 g/mol. The third kappa shape index (κ3) is 4.23. The zero-order valence-corrected chi connectivity index (χ0v) is 10.9. The summed E-state index contributed by atoms with van der Waals surface area (Å²) in [6.07, 6.45) is 3.95. The summed E-state index contributed by atoms with van der Waals surface area (Å²) < 4.78 is 5.54. The van der Waals surface area contributed by atoms with Crippen molar-refractivity contribution >= 4 is 6.08 Å². The summed E-state index contributed by atoms with van der Waals surface area (Å²) >= 11 is 0. The van der Waals surface area contributed by atoms with Gasteiger partial charge in [-0.3, -0.25) is 0 Å². The molecular formula is C16H17NO2. The van der Waals surface area contributed by atoms with E-state index in [1.165, 1.54) is 0 Å². The summed E-state index contributed by atoms with van der Waals surface area (Å²) in [5, 5.41) is 9.11. The Balaban J connectivity index is 1.92. The minimum atomic E-state index is -0.000422. The first-order valence-corrected chi connectivity index (χ1v) is 6.21. The lowest BCUT2D eigenvalue weighted by atomic mass is 10.2. The molecule has 19 heavy (non-hydrogen) atoms. The molecule has 2 rings (SSSR count). The number of aliphatic hydroxyl groups excluding tert-OH is 1. The molecule has 0 aliphatic rings. The van der Waals surface area contributed by atoms with E-state index in [0.717, 1.165) is 16.8 Å². The van der Waals surface area contributed by atoms with Crippen LogP contribution in [0.2, 0.25) is 0 Å². The largest absolute Gasteiger partial charge is 0.473 e. The maximum atomic E-state index is 9.11. The number of aromatic nitrogens is 1. The first-order chi connectivity index (χ1) is 9.28. The summed E-state index contributed by atoms with van der Waals surface area (Å²) in [5.74, 6) is 0.543. The molecule has 1 aromatic heterocycles. The van der Waals surface area contributed by atoms with E-state index >= 15 is 0 Å². The normalized spacial score (nSPS) is 10.8. The van der Waals surface area contributed by atoms with Gasteiger partial charge >= 0.3 is 0 Å². The second kappa shape index (κ2) is 6.71. The Morgan fingerprint density at radius 1 is 1.21 bits per heavy atom. The van der Waals surface area contributed by atoms with E-state index in [9.17, 15) is 0 Å². The van der Waals surface area contributed by atoms with E-state index in [2.05, 4.69) is 4.98 Å². The summed E-state index contributed by atoms with van der Waals surface area (Å²) in [4.78, 5) is 4.26. The second-order valence-electron chi connectivity index (χ2n) is 4.24. The van der Waals surface area contributed by atoms with Crippen LogP contribution in [0, 0.1) is 6.92 Å². The number of pyridine rings is 1. The summed E-state index contributed by atoms with van der Waals surface area (Å²) in [5.41, 5.74) is 2.79. The van der Waals surface area contributed by atoms with Crippen molar-refractivity contribution in [3.05, 3.63) is 65.4 Å². The lowest BCUT2D eigenvalue weighted by molar-refractivity contribution is 0.279. The molecule has 1 N–H and O–H groups in total. The van der Waals surface area contributed by atoms with Crippen LogP contribution in [0.1, 0.15) is 16.8 Å². The van der Waals surface area contributed by atoms with Crippen molar-refractivity contribution in [1.82, 2.24) is 4.98 Å². The SMILES string of the molecule is Cc1cc(CO)cc(OC/C=C/c2ccccc2)n1. The number of hydrogen-bond donors (Lipinski definition) is 1. The Bertz CT molecular complexity index is 550. The average molecular weight is 255 g/mol. The van der Waals surface area contributed by atoms with Crippen LogP contribution in [0.25, 0.3) is 6.08 Å². The molecule has 1 heterocycles. The van der Waals surface area contributed by atoms with Gasteiger partial charge in [0, 0.05) is 11.8 Å². The van der Waals surface area contributed by atoms with Crippen LogP contribution in [0.15, 0.2) is 48.5 Å². The molecule has 2 aromatic rings. The number of rotatable bonds is 5. The van der Waals surface area contributed by atoms with Crippen molar-refractivity contribution in [3.63, 3.8) is 0 Å². The maximum Gasteiger partial charge on any atom is 0.214 e. The van der Waals surface area contributed by atoms with Gasteiger partial charge in [-0.1, -0.05) is 36.4 Å². The van der Waals surface area contributed by atoms with Crippen molar-refractivity contribution in [1.29, 1.82) is 0 Å². The highest BCUT2D eigenvalue weighted by Gasteiger charge is 1.99. The van der Waals surface area contributed by atoms with Crippen LogP contribution < -0.4 is 4.74 Å². The molecule has 0 spiro atoms. The molecule has 0 radical (unpaired) electrons. The summed E-state index contributed by atoms with van der Waals surface area (Å²) in [6.45, 7) is 2.33. The van der Waals surface area contributed by atoms with E-state index in [-0.39, 0.29) is 6.61 Å². The molecule has 0 atom stereocenters. The van der Waals surface area contributed by atoms with Crippen molar-refractivity contribution in [2.75, 3.05) is 6.61 Å². The van der Waals surface area contributed by atoms with Crippen LogP contribution in [-0.4, -0.2) is 16.7 Å². The average Bonchev–Trinajstić information content (AvgIpc) is 2.44. The fourth-order valence-corrected chi connectivity index (χ4v) is 1.75. The topological polar surface area (TPSA) is 42.4 Å². The molecular weight excluding hydrogens is 238 g/mol. The highest BCUT2D eigenvalue weighted by Crippen LogP contribution is 2.12. The zero-order valence-electron chi connectivity index (χ0n) is 10.9. The lowest BCUT2D eigenvalue weighted by Crippen LogP contribution is -1.98. The molecule has 3 nitrogen and oxygen atoms in total. The predicted molar refractivity (Wildman–Crippen MR) is 75.9 cm³/mol. The fraction of sp³-hybridized carbons (Fsp3) is 0.188. The van der Waals surface area contributed by atoms with Gasteiger partial charge in [-0.25, -0.2) is 4.98 Å². The molecule has 0 amide bonds. The van der Waals surface area contributed by atoms with Crippen LogP contribution in [0.5, 0.6) is 5.88 Å². The smallest absolute Gasteiger partial charge is 0.214 e. The van der Waals surface area contributed by atoms with Crippen molar-refractivity contribution in [2.24, 2.45) is 0 Å². The van der Waals surface area contributed by atoms with Crippen molar-refractivity contribution in [3.8, 4) is 5.88 Å². The molecule has 98 valence electrons. The molecule has 0 aliphatic heterocycles. The third-order valence-electron chi connectivity index (χ3n) is 2.61. The third-order valence-corrected chi connectivity index (χ3v) is 2.61. The Kier molecular flexibility index (Phi) is 4.70. The molecule has 0 aliphatic carbocycles. The Morgan fingerprint density at radius 3 is 2.74 bits per heavy atom. The number of aryl methyl sites for hydroxylation is 1. The predicted octanol–water partition coefficient (Wildman–Crippen LogP) is 2.97. The van der Waals surface area contributed by atoms with Crippen LogP contribution in [-0.2, 0) is 6.61 Å². The van der Waals surface area contributed by atoms with Gasteiger partial charge in [-0.05, 0) is 30.2 Å². The zero-order chi connectivity index (χ0) is 13.5. The van der Waals surface area contributed by atoms with Crippen LogP contribution in [0.3, 0.4) is 0 Å². The summed E-state index contributed by atoms with van der Waals surface area (Å²) in [7, 11) is 0. The standard InChI is InChI=1S/C16H17NO2/c1-13-10-15(12-18)11-16(17-13)19-9-5-8-14-6-3-2-4-7-14/h2-8,10-11,18H,9,12H2,1H3/b8-5+. The van der Waals surface area contributed by atoms with E-state index in [0.29, 0.717) is 12.5 Å². The van der Waals surface area contributed by atoms with Gasteiger partial charge in [0.15, 0.2) is 0 Å². The van der Waals surface area contributed by atoms with E-state index < -0.39 is 0 Å². The van der Waals surface area contributed by atoms with Crippen LogP contribution >= 0.6 is 0 Å². The van der Waals surface area contributed by atoms with Gasteiger partial charge in [0.2, 0.25) is 5.88 Å². The van der Waals surface area contributed by atoms with Crippen molar-refractivity contribution in [2.45, 2.75) is 13.5 Å². The van der Waals surface area contributed by atoms with Gasteiger partial charge in [0.05, 0.1) is 6.61 Å². The highest BCUT2D eigenvalue weighted by atomic mass is 16.5. The van der Waals surface area contributed by atoms with E-state index in [1.54, 1.807) is 6.07 Å². The molecule has 3 heteroatoms. The van der Waals surface area contributed by atoms with E-state index in [1.807, 2.05) is 55.5 Å². The quantitative estimate of drug-likeness (QED) is 0.893. The van der Waals surface area contributed by atoms with Gasteiger partial charge in [0.1, 0.15) is 6.61 Å². The molecule has 0 fully saturated rings. The molecule has 0 saturated carbocycles. The first kappa shape index (κ1) is 13.3. The Hall–Kier alpha value is -2.13. The first-order valence-electron chi connectivity index (χ1n) is 6.21. The Morgan fingerprint density at radius 2 is 2.00 bits per heavy atom.